The summed E-state index contributed by atoms with van der Waals surface area (Å²) in [6.07, 6.45) is 0.0461. The molecule has 1 unspecified atom stereocenters. The van der Waals surface area contributed by atoms with E-state index < -0.39 is 57.5 Å². The molecule has 1 aliphatic heterocycles. The van der Waals surface area contributed by atoms with Crippen molar-refractivity contribution in [3.63, 3.8) is 0 Å². The van der Waals surface area contributed by atoms with Crippen LogP contribution in [0.4, 0.5) is 5.69 Å². The first-order valence-electron chi connectivity index (χ1n) is 12.5. The standard InChI is InChI=1S/C26H31N5O8S2/c1-26(2)21(25(36)37)30-23(34)19(12-15-3-7-16(8-4-15)31(38)39)28-24(35)20(13-40-41-26)29-22(33)18(27)11-14-5-9-17(32)10-6-14/h3-10,18-21,32H,11-13,27H2,1-2H3,(H,28,35)(H,29,33)(H,30,34)(H,36,37)/t18-,19?,20+,21-/m0/s1. The second-order valence-electron chi connectivity index (χ2n) is 9.98. The molecule has 41 heavy (non-hydrogen) atoms. The summed E-state index contributed by atoms with van der Waals surface area (Å²) in [6, 6.07) is 6.88. The van der Waals surface area contributed by atoms with Crippen LogP contribution in [0.1, 0.15) is 25.0 Å². The van der Waals surface area contributed by atoms with Gasteiger partial charge in [0.1, 0.15) is 23.9 Å². The molecule has 7 N–H and O–H groups in total. The number of nitrogens with zero attached hydrogens (tertiary/aromatic N) is 1. The third kappa shape index (κ3) is 8.83. The van der Waals surface area contributed by atoms with Crippen LogP contribution >= 0.6 is 21.6 Å². The Morgan fingerprint density at radius 1 is 1.10 bits per heavy atom. The maximum Gasteiger partial charge on any atom is 0.327 e. The van der Waals surface area contributed by atoms with Gasteiger partial charge in [0.25, 0.3) is 5.69 Å². The number of non-ortho nitro benzene ring substituents is 1. The number of nitro groups is 1. The van der Waals surface area contributed by atoms with E-state index in [0.717, 1.165) is 21.6 Å². The summed E-state index contributed by atoms with van der Waals surface area (Å²) in [7, 11) is 2.32. The minimum atomic E-state index is -1.31. The first-order chi connectivity index (χ1) is 19.3. The molecule has 13 nitrogen and oxygen atoms in total. The number of amides is 3. The molecular formula is C26H31N5O8S2. The number of hydrogen-bond acceptors (Lipinski definition) is 10. The molecule has 0 saturated carbocycles. The van der Waals surface area contributed by atoms with Gasteiger partial charge >= 0.3 is 5.97 Å². The van der Waals surface area contributed by atoms with Crippen LogP contribution < -0.4 is 21.7 Å². The Morgan fingerprint density at radius 3 is 2.29 bits per heavy atom. The van der Waals surface area contributed by atoms with Crippen molar-refractivity contribution in [2.45, 2.75) is 55.6 Å². The van der Waals surface area contributed by atoms with Crippen LogP contribution in [0.15, 0.2) is 48.5 Å². The number of nitrogens with two attached hydrogens (primary N) is 1. The minimum Gasteiger partial charge on any atom is -0.508 e. The number of aliphatic carboxylic acids is 1. The SMILES string of the molecule is CC1(C)SSC[C@@H](NC(=O)[C@@H](N)Cc2ccc(O)cc2)C(=O)NC(Cc2ccc([N+](=O)[O-])cc2)C(=O)N[C@H]1C(=O)O. The number of hydrogen-bond donors (Lipinski definition) is 6. The Balaban J connectivity index is 1.84. The summed E-state index contributed by atoms with van der Waals surface area (Å²) in [5.41, 5.74) is 7.11. The van der Waals surface area contributed by atoms with E-state index in [2.05, 4.69) is 16.0 Å². The third-order valence-corrected chi connectivity index (χ3v) is 9.62. The lowest BCUT2D eigenvalue weighted by molar-refractivity contribution is -0.384. The molecule has 0 radical (unpaired) electrons. The number of carboxylic acids is 1. The van der Waals surface area contributed by atoms with E-state index in [-0.39, 0.29) is 30.0 Å². The van der Waals surface area contributed by atoms with Gasteiger partial charge < -0.3 is 31.9 Å². The second kappa shape index (κ2) is 13.7. The van der Waals surface area contributed by atoms with E-state index in [0.29, 0.717) is 11.1 Å². The van der Waals surface area contributed by atoms with Crippen LogP contribution in [0.5, 0.6) is 5.75 Å². The average molecular weight is 606 g/mol. The molecule has 0 aromatic heterocycles. The van der Waals surface area contributed by atoms with Crippen LogP contribution in [0.3, 0.4) is 0 Å². The number of rotatable bonds is 8. The largest absolute Gasteiger partial charge is 0.508 e. The molecule has 4 atom stereocenters. The quantitative estimate of drug-likeness (QED) is 0.142. The molecule has 1 fully saturated rings. The van der Waals surface area contributed by atoms with E-state index in [9.17, 15) is 39.5 Å². The Kier molecular flexibility index (Phi) is 10.6. The molecule has 0 spiro atoms. The highest BCUT2D eigenvalue weighted by Crippen LogP contribution is 2.39. The molecule has 220 valence electrons. The number of carbonyl (C=O) groups is 4. The fraction of sp³-hybridized carbons (Fsp3) is 0.385. The molecule has 15 heteroatoms. The van der Waals surface area contributed by atoms with Gasteiger partial charge in [-0.15, -0.1) is 0 Å². The Morgan fingerprint density at radius 2 is 1.71 bits per heavy atom. The van der Waals surface area contributed by atoms with Crippen molar-refractivity contribution in [1.29, 1.82) is 0 Å². The summed E-state index contributed by atoms with van der Waals surface area (Å²) in [4.78, 5) is 62.1. The van der Waals surface area contributed by atoms with Crippen LogP contribution in [-0.4, -0.2) is 73.5 Å². The van der Waals surface area contributed by atoms with Crippen LogP contribution in [-0.2, 0) is 32.0 Å². The normalized spacial score (nSPS) is 21.9. The molecule has 2 aromatic rings. The number of nitrogens with one attached hydrogen (secondary N) is 3. The Hall–Kier alpha value is -3.82. The van der Waals surface area contributed by atoms with Gasteiger partial charge in [0.2, 0.25) is 17.7 Å². The van der Waals surface area contributed by atoms with Crippen molar-refractivity contribution >= 4 is 51.0 Å². The summed E-state index contributed by atoms with van der Waals surface area (Å²) in [5.74, 6) is -3.21. The molecule has 2 aromatic carbocycles. The van der Waals surface area contributed by atoms with E-state index in [1.807, 2.05) is 0 Å². The Labute approximate surface area is 243 Å². The van der Waals surface area contributed by atoms with Crippen molar-refractivity contribution in [2.24, 2.45) is 5.73 Å². The molecular weight excluding hydrogens is 574 g/mol. The zero-order valence-electron chi connectivity index (χ0n) is 22.2. The van der Waals surface area contributed by atoms with E-state index >= 15 is 0 Å². The van der Waals surface area contributed by atoms with Crippen molar-refractivity contribution in [3.05, 3.63) is 69.8 Å². The first kappa shape index (κ1) is 31.7. The topological polar surface area (TPSA) is 214 Å². The highest BCUT2D eigenvalue weighted by atomic mass is 33.1. The van der Waals surface area contributed by atoms with E-state index in [1.54, 1.807) is 26.0 Å². The van der Waals surface area contributed by atoms with Crippen molar-refractivity contribution in [2.75, 3.05) is 5.75 Å². The van der Waals surface area contributed by atoms with E-state index in [1.165, 1.54) is 36.4 Å². The highest BCUT2D eigenvalue weighted by Gasteiger charge is 2.40. The second-order valence-corrected chi connectivity index (χ2v) is 13.0. The number of benzene rings is 2. The first-order valence-corrected chi connectivity index (χ1v) is 14.8. The monoisotopic (exact) mass is 605 g/mol. The van der Waals surface area contributed by atoms with Gasteiger partial charge in [-0.05, 0) is 43.5 Å². The zero-order chi connectivity index (χ0) is 30.3. The lowest BCUT2D eigenvalue weighted by Gasteiger charge is -2.31. The van der Waals surface area contributed by atoms with Gasteiger partial charge in [0, 0.05) is 24.3 Å². The van der Waals surface area contributed by atoms with Crippen LogP contribution in [0, 0.1) is 10.1 Å². The molecule has 0 bridgehead atoms. The molecule has 0 aliphatic carbocycles. The predicted octanol–water partition coefficient (Wildman–Crippen LogP) is 1.13. The molecule has 3 rings (SSSR count). The minimum absolute atomic E-state index is 0.0440. The zero-order valence-corrected chi connectivity index (χ0v) is 23.9. The van der Waals surface area contributed by atoms with Gasteiger partial charge in [-0.2, -0.15) is 0 Å². The van der Waals surface area contributed by atoms with Gasteiger partial charge in [-0.1, -0.05) is 45.9 Å². The number of phenols is 1. The van der Waals surface area contributed by atoms with Crippen LogP contribution in [0.2, 0.25) is 0 Å². The predicted molar refractivity (Wildman–Crippen MR) is 154 cm³/mol. The fourth-order valence-corrected chi connectivity index (χ4v) is 6.80. The lowest BCUT2D eigenvalue weighted by atomic mass is 10.0. The molecule has 3 amide bonds. The Bertz CT molecular complexity index is 1290. The number of carboxylic acid groups (broad SMARTS) is 1. The summed E-state index contributed by atoms with van der Waals surface area (Å²) in [5, 5.41) is 38.1. The van der Waals surface area contributed by atoms with Gasteiger partial charge in [0.05, 0.1) is 15.7 Å². The molecule has 1 heterocycles. The summed E-state index contributed by atoms with van der Waals surface area (Å²) >= 11 is 0. The average Bonchev–Trinajstić information content (AvgIpc) is 2.92. The van der Waals surface area contributed by atoms with Crippen molar-refractivity contribution in [1.82, 2.24) is 16.0 Å². The maximum atomic E-state index is 13.4. The lowest BCUT2D eigenvalue weighted by Crippen LogP contribution is -2.59. The molecule has 1 saturated heterocycles. The highest BCUT2D eigenvalue weighted by molar-refractivity contribution is 8.77. The number of carbonyl (C=O) groups excluding carboxylic acids is 3. The van der Waals surface area contributed by atoms with Crippen LogP contribution in [0.25, 0.3) is 0 Å². The van der Waals surface area contributed by atoms with E-state index in [4.69, 9.17) is 5.73 Å². The number of phenolic OH excluding ortho intramolecular Hbond substituents is 1. The maximum absolute atomic E-state index is 13.4. The number of aromatic hydroxyl groups is 1. The van der Waals surface area contributed by atoms with Gasteiger partial charge in [-0.3, -0.25) is 24.5 Å². The summed E-state index contributed by atoms with van der Waals surface area (Å²) in [6.45, 7) is 3.28. The van der Waals surface area contributed by atoms with Gasteiger partial charge in [0.15, 0.2) is 0 Å². The fourth-order valence-electron chi connectivity index (χ4n) is 3.99. The smallest absolute Gasteiger partial charge is 0.327 e. The number of nitro benzene ring substituents is 1. The van der Waals surface area contributed by atoms with Gasteiger partial charge in [-0.25, -0.2) is 4.79 Å². The van der Waals surface area contributed by atoms with Crippen molar-refractivity contribution < 1.29 is 34.3 Å². The third-order valence-electron chi connectivity index (χ3n) is 6.32. The molecule has 1 aliphatic rings. The summed E-state index contributed by atoms with van der Waals surface area (Å²) < 4.78 is -1.01. The van der Waals surface area contributed by atoms with Crippen molar-refractivity contribution in [3.8, 4) is 5.75 Å².